The predicted octanol–water partition coefficient (Wildman–Crippen LogP) is 3.42. The number of pyridine rings is 1. The van der Waals surface area contributed by atoms with Gasteiger partial charge in [0.2, 0.25) is 5.78 Å². The summed E-state index contributed by atoms with van der Waals surface area (Å²) in [5.74, 6) is 0.365. The number of ether oxygens (including phenoxy) is 3. The molecule has 6 heteroatoms. The Morgan fingerprint density at radius 3 is 2.77 bits per heavy atom. The molecule has 0 saturated carbocycles. The Kier molecular flexibility index (Phi) is 4.75. The van der Waals surface area contributed by atoms with Gasteiger partial charge in [-0.05, 0) is 50.6 Å². The van der Waals surface area contributed by atoms with E-state index in [0.717, 1.165) is 5.56 Å². The maximum Gasteiger partial charge on any atom is 0.344 e. The Morgan fingerprint density at radius 1 is 1.27 bits per heavy atom. The highest BCUT2D eigenvalue weighted by Gasteiger charge is 2.28. The molecule has 0 atom stereocenters. The number of carbonyl (C=O) groups is 2. The maximum absolute atomic E-state index is 12.4. The molecular formula is C20H19NO5. The van der Waals surface area contributed by atoms with Crippen LogP contribution in [0.5, 0.6) is 11.5 Å². The molecule has 0 bridgehead atoms. The van der Waals surface area contributed by atoms with E-state index < -0.39 is 11.6 Å². The zero-order valence-electron chi connectivity index (χ0n) is 14.8. The summed E-state index contributed by atoms with van der Waals surface area (Å²) in [7, 11) is 0. The van der Waals surface area contributed by atoms with Gasteiger partial charge < -0.3 is 14.2 Å². The van der Waals surface area contributed by atoms with Gasteiger partial charge in [0.15, 0.2) is 12.4 Å². The third-order valence-corrected chi connectivity index (χ3v) is 3.40. The second-order valence-electron chi connectivity index (χ2n) is 6.76. The van der Waals surface area contributed by atoms with Gasteiger partial charge >= 0.3 is 5.97 Å². The van der Waals surface area contributed by atoms with Crippen molar-refractivity contribution in [3.05, 3.63) is 59.6 Å². The van der Waals surface area contributed by atoms with Crippen LogP contribution in [0.4, 0.5) is 0 Å². The smallest absolute Gasteiger partial charge is 0.344 e. The van der Waals surface area contributed by atoms with E-state index in [1.807, 2.05) is 6.07 Å². The number of rotatable bonds is 4. The monoisotopic (exact) mass is 353 g/mol. The van der Waals surface area contributed by atoms with E-state index in [-0.39, 0.29) is 18.1 Å². The normalized spacial score (nSPS) is 14.7. The number of fused-ring (bicyclic) bond motifs is 1. The van der Waals surface area contributed by atoms with Crippen molar-refractivity contribution in [1.29, 1.82) is 0 Å². The summed E-state index contributed by atoms with van der Waals surface area (Å²) in [5, 5.41) is 0. The highest BCUT2D eigenvalue weighted by atomic mass is 16.6. The first-order valence-corrected chi connectivity index (χ1v) is 8.15. The molecule has 0 amide bonds. The van der Waals surface area contributed by atoms with E-state index in [2.05, 4.69) is 4.98 Å². The number of Topliss-reactive ketones (excluding diaryl/α,β-unsaturated/α-hetero) is 1. The minimum Gasteiger partial charge on any atom is -0.482 e. The van der Waals surface area contributed by atoms with Crippen LogP contribution in [-0.4, -0.2) is 28.9 Å². The molecule has 0 spiro atoms. The summed E-state index contributed by atoms with van der Waals surface area (Å²) in [4.78, 5) is 28.1. The number of nitrogens with zero attached hydrogens (tertiary/aromatic N) is 1. The molecule has 2 aromatic rings. The van der Waals surface area contributed by atoms with Crippen LogP contribution in [0.1, 0.15) is 36.7 Å². The van der Waals surface area contributed by atoms with Crippen LogP contribution < -0.4 is 9.47 Å². The van der Waals surface area contributed by atoms with Gasteiger partial charge in [-0.15, -0.1) is 0 Å². The van der Waals surface area contributed by atoms with Crippen molar-refractivity contribution in [2.45, 2.75) is 26.4 Å². The van der Waals surface area contributed by atoms with Crippen LogP contribution in [0, 0.1) is 0 Å². The van der Waals surface area contributed by atoms with Crippen LogP contribution in [0.25, 0.3) is 6.08 Å². The Labute approximate surface area is 151 Å². The van der Waals surface area contributed by atoms with Crippen molar-refractivity contribution in [1.82, 2.24) is 4.98 Å². The van der Waals surface area contributed by atoms with Gasteiger partial charge in [0, 0.05) is 18.5 Å². The molecular weight excluding hydrogens is 334 g/mol. The summed E-state index contributed by atoms with van der Waals surface area (Å²) in [6.45, 7) is 5.14. The van der Waals surface area contributed by atoms with Crippen molar-refractivity contribution in [2.75, 3.05) is 6.61 Å². The number of hydrogen-bond donors (Lipinski definition) is 0. The van der Waals surface area contributed by atoms with Crippen molar-refractivity contribution in [2.24, 2.45) is 0 Å². The number of esters is 1. The van der Waals surface area contributed by atoms with E-state index in [1.165, 1.54) is 0 Å². The van der Waals surface area contributed by atoms with E-state index >= 15 is 0 Å². The van der Waals surface area contributed by atoms with Gasteiger partial charge in [0.05, 0.1) is 5.56 Å². The Morgan fingerprint density at radius 2 is 2.08 bits per heavy atom. The summed E-state index contributed by atoms with van der Waals surface area (Å²) in [6.07, 6.45) is 4.93. The molecule has 1 aliphatic rings. The molecule has 2 heterocycles. The van der Waals surface area contributed by atoms with E-state index in [4.69, 9.17) is 14.2 Å². The first-order chi connectivity index (χ1) is 12.3. The van der Waals surface area contributed by atoms with E-state index in [9.17, 15) is 9.59 Å². The lowest BCUT2D eigenvalue weighted by atomic mass is 10.1. The van der Waals surface area contributed by atoms with Gasteiger partial charge in [-0.1, -0.05) is 6.07 Å². The largest absolute Gasteiger partial charge is 0.482 e. The molecule has 1 aliphatic heterocycles. The third-order valence-electron chi connectivity index (χ3n) is 3.40. The van der Waals surface area contributed by atoms with Crippen LogP contribution >= 0.6 is 0 Å². The average molecular weight is 353 g/mol. The average Bonchev–Trinajstić information content (AvgIpc) is 2.88. The third kappa shape index (κ3) is 4.27. The fourth-order valence-corrected chi connectivity index (χ4v) is 2.38. The number of carbonyl (C=O) groups excluding carboxylic acids is 2. The molecule has 1 aromatic carbocycles. The van der Waals surface area contributed by atoms with E-state index in [0.29, 0.717) is 17.1 Å². The standard InChI is InChI=1S/C20H19NO5/c1-20(2,3)26-18(22)12-24-14-6-7-15-16(10-14)25-17(19(15)23)9-13-5-4-8-21-11-13/h4-11H,12H2,1-3H3. The Balaban J connectivity index is 1.70. The summed E-state index contributed by atoms with van der Waals surface area (Å²) >= 11 is 0. The molecule has 1 aromatic heterocycles. The molecule has 0 saturated heterocycles. The van der Waals surface area contributed by atoms with Gasteiger partial charge in [-0.3, -0.25) is 9.78 Å². The molecule has 3 rings (SSSR count). The molecule has 0 radical (unpaired) electrons. The number of hydrogen-bond acceptors (Lipinski definition) is 6. The SMILES string of the molecule is CC(C)(C)OC(=O)COc1ccc2c(c1)OC(=Cc1cccnc1)C2=O. The van der Waals surface area contributed by atoms with Crippen molar-refractivity contribution < 1.29 is 23.8 Å². The first kappa shape index (κ1) is 17.7. The Hall–Kier alpha value is -3.15. The second kappa shape index (κ2) is 7.00. The number of aromatic nitrogens is 1. The summed E-state index contributed by atoms with van der Waals surface area (Å²) < 4.78 is 16.3. The highest BCUT2D eigenvalue weighted by molar-refractivity contribution is 6.14. The number of benzene rings is 1. The molecule has 0 aliphatic carbocycles. The van der Waals surface area contributed by atoms with E-state index in [1.54, 1.807) is 63.5 Å². The van der Waals surface area contributed by atoms with Crippen LogP contribution in [0.3, 0.4) is 0 Å². The molecule has 0 fully saturated rings. The lowest BCUT2D eigenvalue weighted by Gasteiger charge is -2.19. The van der Waals surface area contributed by atoms with Gasteiger partial charge in [-0.25, -0.2) is 4.79 Å². The molecule has 134 valence electrons. The fraction of sp³-hybridized carbons (Fsp3) is 0.250. The van der Waals surface area contributed by atoms with Crippen LogP contribution in [0.2, 0.25) is 0 Å². The fourth-order valence-electron chi connectivity index (χ4n) is 2.38. The second-order valence-corrected chi connectivity index (χ2v) is 6.76. The van der Waals surface area contributed by atoms with Crippen molar-refractivity contribution >= 4 is 17.8 Å². The topological polar surface area (TPSA) is 74.7 Å². The minimum absolute atomic E-state index is 0.206. The first-order valence-electron chi connectivity index (χ1n) is 8.15. The van der Waals surface area contributed by atoms with Crippen LogP contribution in [0.15, 0.2) is 48.5 Å². The van der Waals surface area contributed by atoms with Gasteiger partial charge in [0.25, 0.3) is 0 Å². The highest BCUT2D eigenvalue weighted by Crippen LogP contribution is 2.34. The minimum atomic E-state index is -0.570. The zero-order valence-corrected chi connectivity index (χ0v) is 14.8. The quantitative estimate of drug-likeness (QED) is 0.619. The lowest BCUT2D eigenvalue weighted by molar-refractivity contribution is -0.157. The van der Waals surface area contributed by atoms with Gasteiger partial charge in [-0.2, -0.15) is 0 Å². The molecule has 0 N–H and O–H groups in total. The van der Waals surface area contributed by atoms with Gasteiger partial charge in [0.1, 0.15) is 17.1 Å². The van der Waals surface area contributed by atoms with Crippen molar-refractivity contribution in [3.8, 4) is 11.5 Å². The number of ketones is 1. The van der Waals surface area contributed by atoms with Crippen molar-refractivity contribution in [3.63, 3.8) is 0 Å². The molecule has 6 nitrogen and oxygen atoms in total. The van der Waals surface area contributed by atoms with Crippen LogP contribution in [-0.2, 0) is 9.53 Å². The lowest BCUT2D eigenvalue weighted by Crippen LogP contribution is -2.27. The Bertz CT molecular complexity index is 866. The predicted molar refractivity (Wildman–Crippen MR) is 95.0 cm³/mol. The summed E-state index contributed by atoms with van der Waals surface area (Å²) in [5.41, 5.74) is 0.648. The maximum atomic E-state index is 12.4. The summed E-state index contributed by atoms with van der Waals surface area (Å²) in [6, 6.07) is 8.43. The zero-order chi connectivity index (χ0) is 18.7. The molecule has 0 unspecified atom stereocenters. The number of allylic oxidation sites excluding steroid dienone is 1. The molecule has 26 heavy (non-hydrogen) atoms.